The number of esters is 2. The van der Waals surface area contributed by atoms with Gasteiger partial charge in [-0.3, -0.25) is 14.4 Å². The van der Waals surface area contributed by atoms with Crippen molar-refractivity contribution in [3.63, 3.8) is 0 Å². The maximum atomic E-state index is 13.1. The predicted molar refractivity (Wildman–Crippen MR) is 107 cm³/mol. The average Bonchev–Trinajstić information content (AvgIpc) is 2.63. The molecule has 8 nitrogen and oxygen atoms in total. The maximum absolute atomic E-state index is 13.1. The Morgan fingerprint density at radius 2 is 1.63 bits per heavy atom. The molecule has 1 rings (SSSR count). The van der Waals surface area contributed by atoms with Crippen LogP contribution in [0.2, 0.25) is 0 Å². The maximum Gasteiger partial charge on any atom is 0.328 e. The topological polar surface area (TPSA) is 111 Å². The van der Waals surface area contributed by atoms with Crippen LogP contribution >= 0.6 is 0 Å². The van der Waals surface area contributed by atoms with Crippen molar-refractivity contribution in [3.8, 4) is 0 Å². The van der Waals surface area contributed by atoms with Gasteiger partial charge >= 0.3 is 11.9 Å². The minimum absolute atomic E-state index is 0.0311. The molecule has 0 saturated carbocycles. The zero-order valence-corrected chi connectivity index (χ0v) is 17.9. The van der Waals surface area contributed by atoms with Crippen molar-refractivity contribution in [2.24, 2.45) is 0 Å². The first-order chi connectivity index (χ1) is 13.9. The SMILES string of the molecule is COC(=O)[C@@H](CCC(=O)OC(C)(C)C)NC(=O)[C@H](Cc1ccc(F)cc1)NC(C)=O. The van der Waals surface area contributed by atoms with Crippen LogP contribution in [0.15, 0.2) is 24.3 Å². The van der Waals surface area contributed by atoms with Crippen LogP contribution in [-0.2, 0) is 35.1 Å². The van der Waals surface area contributed by atoms with Gasteiger partial charge < -0.3 is 20.1 Å². The lowest BCUT2D eigenvalue weighted by atomic mass is 10.0. The normalized spacial score (nSPS) is 13.0. The second kappa shape index (κ2) is 11.3. The quantitative estimate of drug-likeness (QED) is 0.583. The molecule has 0 aliphatic carbocycles. The molecule has 9 heteroatoms. The highest BCUT2D eigenvalue weighted by Gasteiger charge is 2.28. The molecule has 2 amide bonds. The van der Waals surface area contributed by atoms with Gasteiger partial charge in [-0.05, 0) is 44.9 Å². The van der Waals surface area contributed by atoms with E-state index in [-0.39, 0.29) is 19.3 Å². The van der Waals surface area contributed by atoms with Crippen LogP contribution in [0.3, 0.4) is 0 Å². The smallest absolute Gasteiger partial charge is 0.328 e. The van der Waals surface area contributed by atoms with E-state index in [4.69, 9.17) is 9.47 Å². The standard InChI is InChI=1S/C21H29FN2O6/c1-13(25)23-17(12-14-6-8-15(22)9-7-14)19(27)24-16(20(28)29-5)10-11-18(26)30-21(2,3)4/h6-9,16-17H,10-12H2,1-5H3,(H,23,25)(H,24,27)/t16-,17+/m1/s1. The summed E-state index contributed by atoms with van der Waals surface area (Å²) in [5.41, 5.74) is -0.0547. The molecule has 0 aliphatic rings. The van der Waals surface area contributed by atoms with E-state index in [2.05, 4.69) is 10.6 Å². The Morgan fingerprint density at radius 1 is 1.03 bits per heavy atom. The fourth-order valence-corrected chi connectivity index (χ4v) is 2.63. The Hall–Kier alpha value is -2.97. The molecule has 2 atom stereocenters. The molecule has 1 aromatic carbocycles. The highest BCUT2D eigenvalue weighted by molar-refractivity contribution is 5.90. The fourth-order valence-electron chi connectivity index (χ4n) is 2.63. The van der Waals surface area contributed by atoms with Gasteiger partial charge in [0.15, 0.2) is 0 Å². The second-order valence-corrected chi connectivity index (χ2v) is 7.79. The molecule has 2 N–H and O–H groups in total. The zero-order chi connectivity index (χ0) is 22.9. The Morgan fingerprint density at radius 3 is 2.13 bits per heavy atom. The lowest BCUT2D eigenvalue weighted by Gasteiger charge is -2.23. The Labute approximate surface area is 175 Å². The zero-order valence-electron chi connectivity index (χ0n) is 17.9. The molecule has 0 aliphatic heterocycles. The van der Waals surface area contributed by atoms with Crippen LogP contribution < -0.4 is 10.6 Å². The number of rotatable bonds is 9. The minimum Gasteiger partial charge on any atom is -0.467 e. The summed E-state index contributed by atoms with van der Waals surface area (Å²) in [6.45, 7) is 6.42. The summed E-state index contributed by atoms with van der Waals surface area (Å²) in [6, 6.07) is 3.39. The van der Waals surface area contributed by atoms with Gasteiger partial charge in [-0.25, -0.2) is 9.18 Å². The van der Waals surface area contributed by atoms with E-state index in [0.29, 0.717) is 5.56 Å². The third-order valence-electron chi connectivity index (χ3n) is 3.91. The molecule has 1 aromatic rings. The number of ether oxygens (including phenoxy) is 2. The minimum atomic E-state index is -1.10. The van der Waals surface area contributed by atoms with E-state index in [1.165, 1.54) is 38.3 Å². The number of methoxy groups -OCH3 is 1. The lowest BCUT2D eigenvalue weighted by Crippen LogP contribution is -2.52. The van der Waals surface area contributed by atoms with Crippen LogP contribution in [0.25, 0.3) is 0 Å². The average molecular weight is 424 g/mol. The van der Waals surface area contributed by atoms with Crippen molar-refractivity contribution in [1.29, 1.82) is 0 Å². The number of nitrogens with one attached hydrogen (secondary N) is 2. The van der Waals surface area contributed by atoms with Gasteiger partial charge in [0, 0.05) is 19.8 Å². The van der Waals surface area contributed by atoms with Crippen molar-refractivity contribution < 1.29 is 33.0 Å². The van der Waals surface area contributed by atoms with Crippen LogP contribution in [0.5, 0.6) is 0 Å². The van der Waals surface area contributed by atoms with Gasteiger partial charge in [-0.1, -0.05) is 12.1 Å². The molecular formula is C21H29FN2O6. The number of halogens is 1. The summed E-state index contributed by atoms with van der Waals surface area (Å²) in [7, 11) is 1.17. The van der Waals surface area contributed by atoms with Gasteiger partial charge in [0.05, 0.1) is 7.11 Å². The van der Waals surface area contributed by atoms with E-state index >= 15 is 0 Å². The van der Waals surface area contributed by atoms with Crippen molar-refractivity contribution >= 4 is 23.8 Å². The van der Waals surface area contributed by atoms with E-state index in [0.717, 1.165) is 0 Å². The summed E-state index contributed by atoms with van der Waals surface area (Å²) in [4.78, 5) is 48.3. The van der Waals surface area contributed by atoms with Crippen LogP contribution in [0.1, 0.15) is 46.1 Å². The number of carbonyl (C=O) groups is 4. The first kappa shape index (κ1) is 25.1. The largest absolute Gasteiger partial charge is 0.467 e. The van der Waals surface area contributed by atoms with Gasteiger partial charge in [0.2, 0.25) is 11.8 Å². The van der Waals surface area contributed by atoms with Crippen LogP contribution in [0.4, 0.5) is 4.39 Å². The molecule has 0 spiro atoms. The molecule has 0 unspecified atom stereocenters. The molecule has 0 aromatic heterocycles. The summed E-state index contributed by atoms with van der Waals surface area (Å²) in [5, 5.41) is 5.03. The van der Waals surface area contributed by atoms with E-state index in [1.54, 1.807) is 20.8 Å². The molecular weight excluding hydrogens is 395 g/mol. The van der Waals surface area contributed by atoms with Gasteiger partial charge in [-0.2, -0.15) is 0 Å². The molecule has 0 heterocycles. The third-order valence-corrected chi connectivity index (χ3v) is 3.91. The molecule has 0 fully saturated rings. The summed E-state index contributed by atoms with van der Waals surface area (Å²) in [6.07, 6.45) is -0.0532. The van der Waals surface area contributed by atoms with Gasteiger partial charge in [0.1, 0.15) is 23.5 Å². The van der Waals surface area contributed by atoms with Crippen molar-refractivity contribution in [1.82, 2.24) is 10.6 Å². The van der Waals surface area contributed by atoms with Crippen molar-refractivity contribution in [2.45, 2.75) is 64.6 Å². The number of benzene rings is 1. The number of hydrogen-bond acceptors (Lipinski definition) is 6. The predicted octanol–water partition coefficient (Wildman–Crippen LogP) is 1.65. The summed E-state index contributed by atoms with van der Waals surface area (Å²) < 4.78 is 23.0. The highest BCUT2D eigenvalue weighted by Crippen LogP contribution is 2.11. The summed E-state index contributed by atoms with van der Waals surface area (Å²) in [5.74, 6) is -2.74. The second-order valence-electron chi connectivity index (χ2n) is 7.79. The monoisotopic (exact) mass is 424 g/mol. The lowest BCUT2D eigenvalue weighted by molar-refractivity contribution is -0.155. The molecule has 0 bridgehead atoms. The van der Waals surface area contributed by atoms with E-state index in [9.17, 15) is 23.6 Å². The molecule has 0 saturated heterocycles. The third kappa shape index (κ3) is 9.49. The number of carbonyl (C=O) groups excluding carboxylic acids is 4. The van der Waals surface area contributed by atoms with Crippen LogP contribution in [-0.4, -0.2) is 48.5 Å². The van der Waals surface area contributed by atoms with E-state index < -0.39 is 47.3 Å². The first-order valence-corrected chi connectivity index (χ1v) is 9.53. The highest BCUT2D eigenvalue weighted by atomic mass is 19.1. The molecule has 30 heavy (non-hydrogen) atoms. The molecule has 166 valence electrons. The van der Waals surface area contributed by atoms with Gasteiger partial charge in [0.25, 0.3) is 0 Å². The van der Waals surface area contributed by atoms with Crippen molar-refractivity contribution in [3.05, 3.63) is 35.6 Å². The van der Waals surface area contributed by atoms with Crippen molar-refractivity contribution in [2.75, 3.05) is 7.11 Å². The fraction of sp³-hybridized carbons (Fsp3) is 0.524. The Balaban J connectivity index is 2.85. The summed E-state index contributed by atoms with van der Waals surface area (Å²) >= 11 is 0. The Bertz CT molecular complexity index is 758. The van der Waals surface area contributed by atoms with E-state index in [1.807, 2.05) is 0 Å². The molecule has 0 radical (unpaired) electrons. The Kier molecular flexibility index (Phi) is 9.42. The van der Waals surface area contributed by atoms with Gasteiger partial charge in [-0.15, -0.1) is 0 Å². The number of amides is 2. The van der Waals surface area contributed by atoms with Crippen LogP contribution in [0, 0.1) is 5.82 Å². The number of hydrogen-bond donors (Lipinski definition) is 2. The first-order valence-electron chi connectivity index (χ1n) is 9.53.